The molecular formula is C26H22ClNO5S2. The smallest absolute Gasteiger partial charge is 0.326 e. The molecule has 0 aliphatic rings. The van der Waals surface area contributed by atoms with Crippen molar-refractivity contribution in [3.8, 4) is 0 Å². The highest BCUT2D eigenvalue weighted by atomic mass is 35.5. The molecule has 35 heavy (non-hydrogen) atoms. The fraction of sp³-hybridized carbons (Fsp3) is 0.154. The average molecular weight is 528 g/mol. The molecule has 1 amide bonds. The summed E-state index contributed by atoms with van der Waals surface area (Å²) in [5, 5.41) is 11.2. The zero-order valence-electron chi connectivity index (χ0n) is 18.4. The number of benzene rings is 3. The number of halogens is 1. The van der Waals surface area contributed by atoms with E-state index < -0.39 is 23.2 Å². The van der Waals surface area contributed by atoms with Crippen LogP contribution in [0.3, 0.4) is 0 Å². The van der Waals surface area contributed by atoms with Crippen LogP contribution in [0.1, 0.15) is 26.3 Å². The van der Waals surface area contributed by atoms with E-state index in [1.165, 1.54) is 0 Å². The van der Waals surface area contributed by atoms with Crippen LogP contribution in [0.25, 0.3) is 0 Å². The third kappa shape index (κ3) is 8.28. The molecule has 0 aromatic heterocycles. The minimum absolute atomic E-state index is 0.00388. The maximum Gasteiger partial charge on any atom is 0.326 e. The molecule has 0 saturated carbocycles. The van der Waals surface area contributed by atoms with Crippen molar-refractivity contribution in [2.24, 2.45) is 0 Å². The van der Waals surface area contributed by atoms with Gasteiger partial charge in [0.15, 0.2) is 0 Å². The number of nitrogens with one attached hydrogen (secondary N) is 1. The molecule has 0 saturated heterocycles. The molecule has 0 aliphatic heterocycles. The molecule has 0 bridgehead atoms. The number of carboxylic acids is 1. The first-order chi connectivity index (χ1) is 16.8. The van der Waals surface area contributed by atoms with Crippen molar-refractivity contribution in [1.29, 1.82) is 0 Å². The second-order valence-corrected chi connectivity index (χ2v) is 10.1. The lowest BCUT2D eigenvalue weighted by Crippen LogP contribution is -2.46. The zero-order valence-corrected chi connectivity index (χ0v) is 20.8. The van der Waals surface area contributed by atoms with Gasteiger partial charge in [-0.3, -0.25) is 14.4 Å². The number of carbonyl (C=O) groups is 4. The fourth-order valence-electron chi connectivity index (χ4n) is 3.06. The molecule has 3 aromatic carbocycles. The Morgan fingerprint density at radius 3 is 1.89 bits per heavy atom. The molecule has 0 spiro atoms. The topological polar surface area (TPSA) is 101 Å². The molecule has 9 heteroatoms. The number of hydrogen-bond acceptors (Lipinski definition) is 6. The van der Waals surface area contributed by atoms with Crippen LogP contribution in [-0.2, 0) is 16.0 Å². The van der Waals surface area contributed by atoms with Crippen molar-refractivity contribution < 1.29 is 24.3 Å². The first kappa shape index (κ1) is 26.5. The van der Waals surface area contributed by atoms with Crippen molar-refractivity contribution >= 4 is 57.2 Å². The van der Waals surface area contributed by atoms with Gasteiger partial charge < -0.3 is 10.4 Å². The van der Waals surface area contributed by atoms with Crippen molar-refractivity contribution in [2.45, 2.75) is 17.7 Å². The highest BCUT2D eigenvalue weighted by molar-refractivity contribution is 8.18. The summed E-state index contributed by atoms with van der Waals surface area (Å²) >= 11 is 7.57. The van der Waals surface area contributed by atoms with Gasteiger partial charge in [0.2, 0.25) is 16.1 Å². The third-order valence-electron chi connectivity index (χ3n) is 4.89. The van der Waals surface area contributed by atoms with Gasteiger partial charge in [-0.05, 0) is 17.7 Å². The summed E-state index contributed by atoms with van der Waals surface area (Å²) in [7, 11) is 0. The zero-order chi connectivity index (χ0) is 25.2. The Hall–Kier alpha value is -3.07. The Kier molecular flexibility index (Phi) is 9.96. The number of rotatable bonds is 10. The maximum atomic E-state index is 13.1. The highest BCUT2D eigenvalue weighted by Crippen LogP contribution is 2.24. The number of aliphatic carboxylic acids is 1. The summed E-state index contributed by atoms with van der Waals surface area (Å²) in [4.78, 5) is 50.3. The predicted molar refractivity (Wildman–Crippen MR) is 140 cm³/mol. The van der Waals surface area contributed by atoms with Crippen LogP contribution < -0.4 is 5.32 Å². The first-order valence-electron chi connectivity index (χ1n) is 10.6. The van der Waals surface area contributed by atoms with Gasteiger partial charge in [0.05, 0.1) is 0 Å². The summed E-state index contributed by atoms with van der Waals surface area (Å²) in [5.74, 6) is -1.84. The number of thioether (sulfide) groups is 2. The summed E-state index contributed by atoms with van der Waals surface area (Å²) in [6.45, 7) is 0. The van der Waals surface area contributed by atoms with Gasteiger partial charge in [0.25, 0.3) is 0 Å². The lowest BCUT2D eigenvalue weighted by molar-refractivity contribution is -0.141. The van der Waals surface area contributed by atoms with Gasteiger partial charge in [-0.15, -0.1) is 0 Å². The van der Waals surface area contributed by atoms with E-state index in [0.29, 0.717) is 21.7 Å². The van der Waals surface area contributed by atoms with Crippen LogP contribution in [0, 0.1) is 0 Å². The lowest BCUT2D eigenvalue weighted by Gasteiger charge is -2.19. The third-order valence-corrected chi connectivity index (χ3v) is 7.47. The Morgan fingerprint density at radius 1 is 0.800 bits per heavy atom. The van der Waals surface area contributed by atoms with E-state index in [1.54, 1.807) is 84.9 Å². The summed E-state index contributed by atoms with van der Waals surface area (Å²) in [6.07, 6.45) is 0.0400. The lowest BCUT2D eigenvalue weighted by atomic mass is 10.1. The number of amides is 1. The second kappa shape index (κ2) is 13.1. The van der Waals surface area contributed by atoms with Crippen LogP contribution in [0.5, 0.6) is 0 Å². The Balaban J connectivity index is 1.73. The van der Waals surface area contributed by atoms with Crippen LogP contribution in [0.15, 0.2) is 84.9 Å². The predicted octanol–water partition coefficient (Wildman–Crippen LogP) is 4.97. The summed E-state index contributed by atoms with van der Waals surface area (Å²) in [5.41, 5.74) is 1.56. The van der Waals surface area contributed by atoms with E-state index in [0.717, 1.165) is 23.5 Å². The van der Waals surface area contributed by atoms with E-state index in [1.807, 2.05) is 0 Å². The van der Waals surface area contributed by atoms with E-state index in [2.05, 4.69) is 5.32 Å². The van der Waals surface area contributed by atoms with Gasteiger partial charge in [0, 0.05) is 28.3 Å². The normalized spacial score (nSPS) is 12.4. The first-order valence-corrected chi connectivity index (χ1v) is 12.8. The molecule has 180 valence electrons. The Labute approximate surface area is 216 Å². The van der Waals surface area contributed by atoms with Crippen molar-refractivity contribution in [3.63, 3.8) is 0 Å². The molecule has 0 fully saturated rings. The van der Waals surface area contributed by atoms with Gasteiger partial charge in [-0.25, -0.2) is 4.79 Å². The maximum absolute atomic E-state index is 13.1. The summed E-state index contributed by atoms with van der Waals surface area (Å²) in [6, 6.07) is 22.5. The van der Waals surface area contributed by atoms with Crippen molar-refractivity contribution in [1.82, 2.24) is 5.32 Å². The molecular weight excluding hydrogens is 506 g/mol. The Morgan fingerprint density at radius 2 is 1.34 bits per heavy atom. The molecule has 0 radical (unpaired) electrons. The van der Waals surface area contributed by atoms with E-state index in [4.69, 9.17) is 11.6 Å². The van der Waals surface area contributed by atoms with Crippen LogP contribution in [0.2, 0.25) is 5.02 Å². The second-order valence-electron chi connectivity index (χ2n) is 7.45. The largest absolute Gasteiger partial charge is 0.480 e. The molecule has 0 aliphatic carbocycles. The number of carbonyl (C=O) groups excluding carboxylic acids is 3. The molecule has 2 atom stereocenters. The standard InChI is InChI=1S/C26H22ClNO5S2/c27-20-13-11-17(12-14-20)15-21(24(30)31)28-23(29)22(35-26(33)19-9-5-2-6-10-19)16-34-25(32)18-7-3-1-4-8-18/h1-14,21-22H,15-16H2,(H,28,29)(H,30,31)/t21-,22?/m0/s1. The van der Waals surface area contributed by atoms with Crippen molar-refractivity contribution in [2.75, 3.05) is 5.75 Å². The average Bonchev–Trinajstić information content (AvgIpc) is 2.87. The Bertz CT molecular complexity index is 1170. The summed E-state index contributed by atoms with van der Waals surface area (Å²) < 4.78 is 0. The van der Waals surface area contributed by atoms with Crippen LogP contribution >= 0.6 is 35.1 Å². The molecule has 3 rings (SSSR count). The van der Waals surface area contributed by atoms with E-state index >= 15 is 0 Å². The van der Waals surface area contributed by atoms with E-state index in [9.17, 15) is 24.3 Å². The number of hydrogen-bond donors (Lipinski definition) is 2. The minimum Gasteiger partial charge on any atom is -0.480 e. The van der Waals surface area contributed by atoms with Crippen LogP contribution in [0.4, 0.5) is 0 Å². The number of carboxylic acid groups (broad SMARTS) is 1. The molecule has 3 aromatic rings. The van der Waals surface area contributed by atoms with Crippen molar-refractivity contribution in [3.05, 3.63) is 107 Å². The monoisotopic (exact) mass is 527 g/mol. The van der Waals surface area contributed by atoms with Crippen LogP contribution in [-0.4, -0.2) is 44.3 Å². The molecule has 0 heterocycles. The quantitative estimate of drug-likeness (QED) is 0.384. The fourth-order valence-corrected chi connectivity index (χ4v) is 5.13. The van der Waals surface area contributed by atoms with E-state index in [-0.39, 0.29) is 22.4 Å². The van der Waals surface area contributed by atoms with Gasteiger partial charge in [-0.2, -0.15) is 0 Å². The van der Waals surface area contributed by atoms with Gasteiger partial charge >= 0.3 is 5.97 Å². The molecule has 2 N–H and O–H groups in total. The molecule has 1 unspecified atom stereocenters. The van der Waals surface area contributed by atoms with Gasteiger partial charge in [0.1, 0.15) is 11.3 Å². The highest BCUT2D eigenvalue weighted by Gasteiger charge is 2.29. The molecule has 6 nitrogen and oxygen atoms in total. The van der Waals surface area contributed by atoms with Gasteiger partial charge in [-0.1, -0.05) is 108 Å². The SMILES string of the molecule is O=C(SCC(SC(=O)c1ccccc1)C(=O)N[C@@H](Cc1ccc(Cl)cc1)C(=O)O)c1ccccc1. The minimum atomic E-state index is -1.21.